The second kappa shape index (κ2) is 5.65. The van der Waals surface area contributed by atoms with Crippen LogP contribution in [0, 0.1) is 11.6 Å². The molecule has 0 spiro atoms. The van der Waals surface area contributed by atoms with Crippen molar-refractivity contribution in [3.8, 4) is 0 Å². The van der Waals surface area contributed by atoms with Crippen molar-refractivity contribution in [3.63, 3.8) is 0 Å². The summed E-state index contributed by atoms with van der Waals surface area (Å²) in [4.78, 5) is 7.42. The second-order valence-electron chi connectivity index (χ2n) is 4.43. The first-order chi connectivity index (χ1) is 10.0. The monoisotopic (exact) mass is 369 g/mol. The number of fused-ring (bicyclic) bond motifs is 1. The minimum Gasteiger partial charge on any atom is -0.399 e. The number of hydrogen-bond donors (Lipinski definition) is 2. The highest BCUT2D eigenvalue weighted by Gasteiger charge is 2.13. The van der Waals surface area contributed by atoms with Crippen molar-refractivity contribution in [2.75, 3.05) is 5.73 Å². The predicted molar refractivity (Wildman–Crippen MR) is 84.1 cm³/mol. The molecule has 0 radical (unpaired) electrons. The second-order valence-corrected chi connectivity index (χ2v) is 6.25. The number of hydrogen-bond acceptors (Lipinski definition) is 3. The Morgan fingerprint density at radius 3 is 2.86 bits per heavy atom. The molecule has 7 heteroatoms. The summed E-state index contributed by atoms with van der Waals surface area (Å²) in [5.41, 5.74) is 7.91. The van der Waals surface area contributed by atoms with Gasteiger partial charge >= 0.3 is 0 Å². The maximum absolute atomic E-state index is 13.9. The third-order valence-corrected chi connectivity index (χ3v) is 4.49. The topological polar surface area (TPSA) is 54.7 Å². The highest BCUT2D eigenvalue weighted by molar-refractivity contribution is 9.10. The largest absolute Gasteiger partial charge is 0.399 e. The van der Waals surface area contributed by atoms with E-state index in [0.29, 0.717) is 10.8 Å². The Kier molecular flexibility index (Phi) is 3.86. The van der Waals surface area contributed by atoms with Crippen LogP contribution in [0.1, 0.15) is 5.56 Å². The number of aromatic nitrogens is 2. The molecule has 0 aliphatic carbocycles. The number of nitrogens with zero attached hydrogens (tertiary/aromatic N) is 1. The van der Waals surface area contributed by atoms with Crippen molar-refractivity contribution in [1.29, 1.82) is 0 Å². The molecule has 0 amide bonds. The van der Waals surface area contributed by atoms with Gasteiger partial charge in [0, 0.05) is 17.0 Å². The minimum atomic E-state index is -0.581. The lowest BCUT2D eigenvalue weighted by atomic mass is 10.2. The summed E-state index contributed by atoms with van der Waals surface area (Å²) in [6.07, 6.45) is 0. The number of halogens is 3. The van der Waals surface area contributed by atoms with E-state index in [4.69, 9.17) is 5.73 Å². The molecule has 0 atom stereocenters. The zero-order chi connectivity index (χ0) is 15.0. The van der Waals surface area contributed by atoms with Gasteiger partial charge in [0.2, 0.25) is 0 Å². The van der Waals surface area contributed by atoms with Crippen LogP contribution in [-0.4, -0.2) is 9.97 Å². The van der Waals surface area contributed by atoms with Crippen LogP contribution < -0.4 is 5.73 Å². The first-order valence-corrected chi connectivity index (χ1v) is 7.83. The number of nitrogens with one attached hydrogen (secondary N) is 1. The van der Waals surface area contributed by atoms with Gasteiger partial charge in [0.15, 0.2) is 5.16 Å². The molecule has 0 aliphatic heterocycles. The summed E-state index contributed by atoms with van der Waals surface area (Å²) in [7, 11) is 0. The average Bonchev–Trinajstić information content (AvgIpc) is 2.85. The van der Waals surface area contributed by atoms with Gasteiger partial charge in [0.05, 0.1) is 15.5 Å². The molecule has 0 fully saturated rings. The maximum atomic E-state index is 13.9. The SMILES string of the molecule is Nc1ccc2nc(SCc3c(F)ccc(Br)c3F)[nH]c2c1. The Balaban J connectivity index is 1.85. The van der Waals surface area contributed by atoms with E-state index < -0.39 is 11.6 Å². The van der Waals surface area contributed by atoms with E-state index in [9.17, 15) is 8.78 Å². The average molecular weight is 370 g/mol. The number of thioether (sulfide) groups is 1. The summed E-state index contributed by atoms with van der Waals surface area (Å²) in [5, 5.41) is 0.592. The molecule has 3 N–H and O–H groups in total. The van der Waals surface area contributed by atoms with Crippen molar-refractivity contribution in [1.82, 2.24) is 9.97 Å². The van der Waals surface area contributed by atoms with E-state index in [-0.39, 0.29) is 15.8 Å². The van der Waals surface area contributed by atoms with E-state index in [1.54, 1.807) is 18.2 Å². The number of nitrogens with two attached hydrogens (primary N) is 1. The fraction of sp³-hybridized carbons (Fsp3) is 0.0714. The highest BCUT2D eigenvalue weighted by Crippen LogP contribution is 2.29. The Morgan fingerprint density at radius 1 is 1.24 bits per heavy atom. The number of rotatable bonds is 3. The van der Waals surface area contributed by atoms with Gasteiger partial charge in [0.25, 0.3) is 0 Å². The Bertz CT molecular complexity index is 819. The van der Waals surface area contributed by atoms with E-state index in [1.165, 1.54) is 23.9 Å². The maximum Gasteiger partial charge on any atom is 0.166 e. The number of H-pyrrole nitrogens is 1. The van der Waals surface area contributed by atoms with Crippen LogP contribution in [0.2, 0.25) is 0 Å². The number of nitrogen functional groups attached to an aromatic ring is 1. The minimum absolute atomic E-state index is 0.0225. The van der Waals surface area contributed by atoms with Crippen LogP contribution >= 0.6 is 27.7 Å². The molecule has 3 rings (SSSR count). The summed E-state index contributed by atoms with van der Waals surface area (Å²) < 4.78 is 27.8. The highest BCUT2D eigenvalue weighted by atomic mass is 79.9. The van der Waals surface area contributed by atoms with Crippen LogP contribution in [-0.2, 0) is 5.75 Å². The van der Waals surface area contributed by atoms with E-state index in [0.717, 1.165) is 11.0 Å². The fourth-order valence-corrected chi connectivity index (χ4v) is 3.18. The predicted octanol–water partition coefficient (Wildman–Crippen LogP) is 4.48. The summed E-state index contributed by atoms with van der Waals surface area (Å²) in [5.74, 6) is -1.00. The van der Waals surface area contributed by atoms with Crippen molar-refractivity contribution in [2.45, 2.75) is 10.9 Å². The quantitative estimate of drug-likeness (QED) is 0.406. The first-order valence-electron chi connectivity index (χ1n) is 6.05. The summed E-state index contributed by atoms with van der Waals surface area (Å²) >= 11 is 4.29. The molecule has 0 unspecified atom stereocenters. The zero-order valence-corrected chi connectivity index (χ0v) is 13.1. The standard InChI is InChI=1S/C14H10BrF2N3S/c15-9-2-3-10(16)8(13(9)17)6-21-14-19-11-4-1-7(18)5-12(11)20-14/h1-5H,6,18H2,(H,19,20). The molecule has 3 aromatic rings. The third kappa shape index (κ3) is 2.89. The molecule has 1 aromatic heterocycles. The van der Waals surface area contributed by atoms with Crippen LogP contribution in [0.15, 0.2) is 40.0 Å². The van der Waals surface area contributed by atoms with E-state index in [1.807, 2.05) is 0 Å². The van der Waals surface area contributed by atoms with E-state index in [2.05, 4.69) is 25.9 Å². The third-order valence-electron chi connectivity index (χ3n) is 2.98. The number of imidazole rings is 1. The molecule has 2 aromatic carbocycles. The normalized spacial score (nSPS) is 11.2. The summed E-state index contributed by atoms with van der Waals surface area (Å²) in [6, 6.07) is 7.91. The van der Waals surface area contributed by atoms with Crippen LogP contribution in [0.25, 0.3) is 11.0 Å². The molecule has 0 bridgehead atoms. The molecule has 21 heavy (non-hydrogen) atoms. The fourth-order valence-electron chi connectivity index (χ4n) is 1.91. The number of benzene rings is 2. The van der Waals surface area contributed by atoms with Gasteiger partial charge in [-0.1, -0.05) is 11.8 Å². The number of anilines is 1. The van der Waals surface area contributed by atoms with Crippen molar-refractivity contribution < 1.29 is 8.78 Å². The van der Waals surface area contributed by atoms with E-state index >= 15 is 0 Å². The first kappa shape index (κ1) is 14.3. The molecule has 108 valence electrons. The Hall–Kier alpha value is -1.60. The van der Waals surface area contributed by atoms with Gasteiger partial charge in [-0.15, -0.1) is 0 Å². The molecular weight excluding hydrogens is 360 g/mol. The van der Waals surface area contributed by atoms with Crippen molar-refractivity contribution >= 4 is 44.4 Å². The van der Waals surface area contributed by atoms with Gasteiger partial charge in [0.1, 0.15) is 11.6 Å². The number of aromatic amines is 1. The molecule has 0 saturated carbocycles. The molecular formula is C14H10BrF2N3S. The smallest absolute Gasteiger partial charge is 0.166 e. The Labute approximate surface area is 132 Å². The lowest BCUT2D eigenvalue weighted by Gasteiger charge is -2.04. The molecule has 0 aliphatic rings. The van der Waals surface area contributed by atoms with Gasteiger partial charge in [-0.2, -0.15) is 0 Å². The zero-order valence-electron chi connectivity index (χ0n) is 10.7. The molecule has 0 saturated heterocycles. The van der Waals surface area contributed by atoms with Crippen molar-refractivity contribution in [2.24, 2.45) is 0 Å². The molecule has 3 nitrogen and oxygen atoms in total. The van der Waals surface area contributed by atoms with Crippen LogP contribution in [0.3, 0.4) is 0 Å². The van der Waals surface area contributed by atoms with Gasteiger partial charge in [-0.25, -0.2) is 13.8 Å². The lowest BCUT2D eigenvalue weighted by Crippen LogP contribution is -1.94. The van der Waals surface area contributed by atoms with Crippen LogP contribution in [0.4, 0.5) is 14.5 Å². The lowest BCUT2D eigenvalue weighted by molar-refractivity contribution is 0.562. The summed E-state index contributed by atoms with van der Waals surface area (Å²) in [6.45, 7) is 0. The van der Waals surface area contributed by atoms with Gasteiger partial charge in [-0.05, 0) is 46.3 Å². The van der Waals surface area contributed by atoms with Gasteiger partial charge in [-0.3, -0.25) is 0 Å². The Morgan fingerprint density at radius 2 is 2.05 bits per heavy atom. The molecule has 1 heterocycles. The van der Waals surface area contributed by atoms with Gasteiger partial charge < -0.3 is 10.7 Å². The van der Waals surface area contributed by atoms with Crippen LogP contribution in [0.5, 0.6) is 0 Å². The van der Waals surface area contributed by atoms with Crippen molar-refractivity contribution in [3.05, 3.63) is 52.0 Å².